The maximum Gasteiger partial charge on any atom is 0.321 e. The molecule has 3 amide bonds. The number of para-hydroxylation sites is 2. The number of nitrogens with one attached hydrogen (secondary N) is 2. The van der Waals surface area contributed by atoms with Gasteiger partial charge in [0, 0.05) is 11.1 Å². The number of fused-ring (bicyclic) bond motifs is 1. The normalized spacial score (nSPS) is 14.7. The molecule has 5 rings (SSSR count). The molecule has 0 saturated carbocycles. The van der Waals surface area contributed by atoms with Crippen molar-refractivity contribution in [3.05, 3.63) is 126 Å². The summed E-state index contributed by atoms with van der Waals surface area (Å²) in [5, 5.41) is 5.11. The zero-order valence-electron chi connectivity index (χ0n) is 20.6. The molecule has 0 radical (unpaired) electrons. The molecule has 4 aromatic carbocycles. The Morgan fingerprint density at radius 3 is 2.34 bits per heavy atom. The molecule has 0 saturated heterocycles. The highest BCUT2D eigenvalue weighted by atomic mass is 19.1. The average Bonchev–Trinajstić information content (AvgIpc) is 3.06. The number of nitrogens with zero attached hydrogens (tertiary/aromatic N) is 2. The smallest absolute Gasteiger partial charge is 0.321 e. The van der Waals surface area contributed by atoms with Crippen LogP contribution in [0.5, 0.6) is 5.75 Å². The maximum absolute atomic E-state index is 14.1. The molecule has 0 spiro atoms. The molecule has 1 aliphatic heterocycles. The summed E-state index contributed by atoms with van der Waals surface area (Å²) in [5.41, 5.74) is 3.63. The lowest BCUT2D eigenvalue weighted by Crippen LogP contribution is -2.48. The predicted octanol–water partition coefficient (Wildman–Crippen LogP) is 5.37. The molecule has 0 aromatic heterocycles. The third kappa shape index (κ3) is 5.24. The molecule has 190 valence electrons. The van der Waals surface area contributed by atoms with E-state index in [2.05, 4.69) is 10.6 Å². The zero-order valence-corrected chi connectivity index (χ0v) is 20.6. The number of benzodiazepines with no additional fused rings is 1. The molecular weight excluding hydrogens is 483 g/mol. The van der Waals surface area contributed by atoms with E-state index in [-0.39, 0.29) is 12.2 Å². The summed E-state index contributed by atoms with van der Waals surface area (Å²) in [7, 11) is 1.59. The summed E-state index contributed by atoms with van der Waals surface area (Å²) in [6.45, 7) is 0.241. The fourth-order valence-corrected chi connectivity index (χ4v) is 4.27. The summed E-state index contributed by atoms with van der Waals surface area (Å²) >= 11 is 0. The summed E-state index contributed by atoms with van der Waals surface area (Å²) < 4.78 is 19.4. The van der Waals surface area contributed by atoms with E-state index in [0.717, 1.165) is 16.7 Å². The van der Waals surface area contributed by atoms with E-state index in [9.17, 15) is 14.0 Å². The molecule has 0 aliphatic carbocycles. The van der Waals surface area contributed by atoms with Gasteiger partial charge in [-0.1, -0.05) is 72.8 Å². The first-order valence-corrected chi connectivity index (χ1v) is 12.0. The number of hydrogen-bond acceptors (Lipinski definition) is 4. The minimum absolute atomic E-state index is 0.00305. The van der Waals surface area contributed by atoms with Crippen LogP contribution >= 0.6 is 0 Å². The van der Waals surface area contributed by atoms with Crippen LogP contribution in [0.1, 0.15) is 16.7 Å². The molecular formula is C30H25FN4O3. The van der Waals surface area contributed by atoms with Crippen LogP contribution in [0.4, 0.5) is 20.6 Å². The number of anilines is 2. The van der Waals surface area contributed by atoms with Crippen molar-refractivity contribution in [1.82, 2.24) is 5.32 Å². The van der Waals surface area contributed by atoms with Gasteiger partial charge in [0.2, 0.25) is 6.17 Å². The van der Waals surface area contributed by atoms with Gasteiger partial charge >= 0.3 is 6.03 Å². The van der Waals surface area contributed by atoms with E-state index in [0.29, 0.717) is 17.1 Å². The van der Waals surface area contributed by atoms with Gasteiger partial charge in [0.1, 0.15) is 11.6 Å². The lowest BCUT2D eigenvalue weighted by molar-refractivity contribution is -0.120. The molecule has 7 nitrogen and oxygen atoms in total. The lowest BCUT2D eigenvalue weighted by atomic mass is 10.00. The van der Waals surface area contributed by atoms with Crippen molar-refractivity contribution in [1.29, 1.82) is 0 Å². The van der Waals surface area contributed by atoms with E-state index in [1.165, 1.54) is 18.2 Å². The van der Waals surface area contributed by atoms with Gasteiger partial charge in [-0.25, -0.2) is 14.2 Å². The lowest BCUT2D eigenvalue weighted by Gasteiger charge is -2.25. The minimum Gasteiger partial charge on any atom is -0.497 e. The molecule has 0 bridgehead atoms. The Bertz CT molecular complexity index is 1490. The Labute approximate surface area is 219 Å². The van der Waals surface area contributed by atoms with Gasteiger partial charge in [-0.05, 0) is 35.9 Å². The second-order valence-electron chi connectivity index (χ2n) is 8.61. The van der Waals surface area contributed by atoms with Gasteiger partial charge in [-0.2, -0.15) is 0 Å². The second kappa shape index (κ2) is 11.0. The summed E-state index contributed by atoms with van der Waals surface area (Å²) in [6.07, 6.45) is -1.26. The molecule has 0 unspecified atom stereocenters. The van der Waals surface area contributed by atoms with Crippen molar-refractivity contribution < 1.29 is 18.7 Å². The van der Waals surface area contributed by atoms with Gasteiger partial charge < -0.3 is 20.3 Å². The van der Waals surface area contributed by atoms with Crippen molar-refractivity contribution in [2.45, 2.75) is 12.7 Å². The van der Waals surface area contributed by atoms with Crippen LogP contribution in [0, 0.1) is 5.82 Å². The van der Waals surface area contributed by atoms with Gasteiger partial charge in [0.15, 0.2) is 0 Å². The van der Waals surface area contributed by atoms with Crippen molar-refractivity contribution in [3.8, 4) is 5.75 Å². The average molecular weight is 509 g/mol. The first kappa shape index (κ1) is 24.7. The molecule has 1 aliphatic rings. The largest absolute Gasteiger partial charge is 0.497 e. The summed E-state index contributed by atoms with van der Waals surface area (Å²) in [5.74, 6) is -0.310. The standard InChI is InChI=1S/C30H25FN4O3/c1-38-22-17-15-20(16-18-22)19-35-26-14-8-5-11-23(26)27(21-9-3-2-4-10-21)33-28(29(35)36)34-30(37)32-25-13-7-6-12-24(25)31/h2-18,28H,19H2,1H3,(H2,32,34,37)/t28-/m1/s1. The van der Waals surface area contributed by atoms with E-state index in [1.807, 2.05) is 78.9 Å². The van der Waals surface area contributed by atoms with Crippen LogP contribution in [-0.4, -0.2) is 30.9 Å². The number of carbonyl (C=O) groups excluding carboxylic acids is 2. The van der Waals surface area contributed by atoms with Crippen molar-refractivity contribution in [2.24, 2.45) is 4.99 Å². The van der Waals surface area contributed by atoms with Crippen LogP contribution in [0.25, 0.3) is 0 Å². The van der Waals surface area contributed by atoms with Gasteiger partial charge in [0.05, 0.1) is 30.7 Å². The van der Waals surface area contributed by atoms with Crippen LogP contribution in [0.3, 0.4) is 0 Å². The van der Waals surface area contributed by atoms with Crippen molar-refractivity contribution in [3.63, 3.8) is 0 Å². The van der Waals surface area contributed by atoms with Crippen LogP contribution in [-0.2, 0) is 11.3 Å². The molecule has 8 heteroatoms. The number of hydrogen-bond donors (Lipinski definition) is 2. The highest BCUT2D eigenvalue weighted by Gasteiger charge is 2.33. The number of benzene rings is 4. The molecule has 1 atom stereocenters. The number of urea groups is 1. The van der Waals surface area contributed by atoms with E-state index in [4.69, 9.17) is 9.73 Å². The minimum atomic E-state index is -1.26. The number of amides is 3. The fourth-order valence-electron chi connectivity index (χ4n) is 4.27. The third-order valence-electron chi connectivity index (χ3n) is 6.14. The topological polar surface area (TPSA) is 83.0 Å². The Morgan fingerprint density at radius 1 is 0.921 bits per heavy atom. The zero-order chi connectivity index (χ0) is 26.5. The monoisotopic (exact) mass is 508 g/mol. The van der Waals surface area contributed by atoms with E-state index < -0.39 is 23.9 Å². The Balaban J connectivity index is 1.54. The van der Waals surface area contributed by atoms with Gasteiger partial charge in [0.25, 0.3) is 5.91 Å². The van der Waals surface area contributed by atoms with Crippen LogP contribution in [0.2, 0.25) is 0 Å². The van der Waals surface area contributed by atoms with E-state index >= 15 is 0 Å². The van der Waals surface area contributed by atoms with Gasteiger partial charge in [-0.3, -0.25) is 4.79 Å². The van der Waals surface area contributed by atoms with Crippen molar-refractivity contribution in [2.75, 3.05) is 17.3 Å². The molecule has 38 heavy (non-hydrogen) atoms. The SMILES string of the molecule is COc1ccc(CN2C(=O)[C@@H](NC(=O)Nc3ccccc3F)N=C(c3ccccc3)c3ccccc32)cc1. The first-order valence-electron chi connectivity index (χ1n) is 12.0. The molecule has 0 fully saturated rings. The number of aliphatic imine (C=N–C) groups is 1. The second-order valence-corrected chi connectivity index (χ2v) is 8.61. The number of ether oxygens (including phenoxy) is 1. The number of halogens is 1. The quantitative estimate of drug-likeness (QED) is 0.368. The number of carbonyl (C=O) groups is 2. The Morgan fingerprint density at radius 2 is 1.61 bits per heavy atom. The molecule has 1 heterocycles. The summed E-state index contributed by atoms with van der Waals surface area (Å²) in [4.78, 5) is 33.2. The third-order valence-corrected chi connectivity index (χ3v) is 6.14. The van der Waals surface area contributed by atoms with Gasteiger partial charge in [-0.15, -0.1) is 0 Å². The predicted molar refractivity (Wildman–Crippen MR) is 145 cm³/mol. The van der Waals surface area contributed by atoms with Crippen molar-refractivity contribution >= 4 is 29.0 Å². The highest BCUT2D eigenvalue weighted by Crippen LogP contribution is 2.30. The Hall–Kier alpha value is -4.98. The van der Waals surface area contributed by atoms with E-state index in [1.54, 1.807) is 18.1 Å². The molecule has 2 N–H and O–H groups in total. The van der Waals surface area contributed by atoms with Crippen LogP contribution in [0.15, 0.2) is 108 Å². The number of methoxy groups -OCH3 is 1. The number of rotatable bonds is 6. The highest BCUT2D eigenvalue weighted by molar-refractivity contribution is 6.20. The summed E-state index contributed by atoms with van der Waals surface area (Å²) in [6, 6.07) is 29.4. The fraction of sp³-hybridized carbons (Fsp3) is 0.100. The Kier molecular flexibility index (Phi) is 7.13. The van der Waals surface area contributed by atoms with Crippen LogP contribution < -0.4 is 20.3 Å². The molecule has 4 aromatic rings. The first-order chi connectivity index (χ1) is 18.5. The maximum atomic E-state index is 14.1.